The Bertz CT molecular complexity index is 754. The molecule has 1 aromatic carbocycles. The van der Waals surface area contributed by atoms with Gasteiger partial charge >= 0.3 is 13.1 Å². The summed E-state index contributed by atoms with van der Waals surface area (Å²) in [6.45, 7) is 0. The van der Waals surface area contributed by atoms with Crippen LogP contribution in [0.4, 0.5) is 0 Å². The van der Waals surface area contributed by atoms with Crippen molar-refractivity contribution in [1.29, 1.82) is 0 Å². The van der Waals surface area contributed by atoms with Gasteiger partial charge < -0.3 is 25.6 Å². The molecule has 0 aliphatic carbocycles. The van der Waals surface area contributed by atoms with E-state index in [1.54, 1.807) is 18.2 Å². The van der Waals surface area contributed by atoms with E-state index in [-0.39, 0.29) is 24.0 Å². The number of amides is 1. The summed E-state index contributed by atoms with van der Waals surface area (Å²) in [6.07, 6.45) is 1.33. The largest absolute Gasteiger partial charge is 0.507 e. The number of para-hydroxylation sites is 1. The molecule has 0 aliphatic rings. The van der Waals surface area contributed by atoms with Gasteiger partial charge in [-0.1, -0.05) is 18.2 Å². The van der Waals surface area contributed by atoms with E-state index in [9.17, 15) is 24.7 Å². The van der Waals surface area contributed by atoms with Gasteiger partial charge in [-0.25, -0.2) is 4.79 Å². The fourth-order valence-electron chi connectivity index (χ4n) is 2.32. The molecule has 0 saturated carbocycles. The van der Waals surface area contributed by atoms with Crippen molar-refractivity contribution in [2.45, 2.75) is 18.8 Å². The summed E-state index contributed by atoms with van der Waals surface area (Å²) in [7, 11) is -1.89. The van der Waals surface area contributed by atoms with Crippen LogP contribution in [0.3, 0.4) is 0 Å². The zero-order chi connectivity index (χ0) is 18.4. The molecule has 0 saturated heterocycles. The molecule has 0 radical (unpaired) electrons. The number of aromatic nitrogens is 1. The fraction of sp³-hybridized carbons (Fsp3) is 0.188. The number of phenols is 1. The van der Waals surface area contributed by atoms with Crippen LogP contribution in [-0.4, -0.2) is 50.2 Å². The second-order valence-corrected chi connectivity index (χ2v) is 5.41. The minimum atomic E-state index is -1.89. The van der Waals surface area contributed by atoms with E-state index in [4.69, 9.17) is 5.11 Å². The lowest BCUT2D eigenvalue weighted by atomic mass is 9.75. The number of hydrogen-bond donors (Lipinski definition) is 5. The van der Waals surface area contributed by atoms with Gasteiger partial charge in [0.05, 0.1) is 12.4 Å². The molecule has 5 N–H and O–H groups in total. The first-order valence-electron chi connectivity index (χ1n) is 7.48. The maximum absolute atomic E-state index is 12.0. The molecule has 1 heterocycles. The van der Waals surface area contributed by atoms with E-state index in [0.29, 0.717) is 5.69 Å². The van der Waals surface area contributed by atoms with Crippen LogP contribution >= 0.6 is 0 Å². The van der Waals surface area contributed by atoms with Gasteiger partial charge in [0.25, 0.3) is 0 Å². The second-order valence-electron chi connectivity index (χ2n) is 5.41. The van der Waals surface area contributed by atoms with Gasteiger partial charge in [0, 0.05) is 11.9 Å². The molecule has 1 aromatic heterocycles. The zero-order valence-corrected chi connectivity index (χ0v) is 13.2. The molecule has 25 heavy (non-hydrogen) atoms. The number of carboxylic acid groups (broad SMARTS) is 1. The van der Waals surface area contributed by atoms with Crippen LogP contribution in [-0.2, 0) is 17.6 Å². The van der Waals surface area contributed by atoms with Crippen molar-refractivity contribution in [3.05, 3.63) is 59.4 Å². The van der Waals surface area contributed by atoms with E-state index < -0.39 is 30.7 Å². The Hall–Kier alpha value is -2.91. The monoisotopic (exact) mass is 344 g/mol. The van der Waals surface area contributed by atoms with Crippen molar-refractivity contribution in [2.75, 3.05) is 0 Å². The number of carbonyl (C=O) groups excluding carboxylic acids is 1. The number of pyridine rings is 1. The van der Waals surface area contributed by atoms with Crippen molar-refractivity contribution in [3.8, 4) is 5.75 Å². The van der Waals surface area contributed by atoms with Gasteiger partial charge in [0.1, 0.15) is 11.3 Å². The van der Waals surface area contributed by atoms with Gasteiger partial charge in [0.15, 0.2) is 0 Å². The van der Waals surface area contributed by atoms with Gasteiger partial charge in [-0.2, -0.15) is 0 Å². The lowest BCUT2D eigenvalue weighted by Gasteiger charge is -2.19. The fourth-order valence-corrected chi connectivity index (χ4v) is 2.32. The third-order valence-corrected chi connectivity index (χ3v) is 3.56. The normalized spacial score (nSPS) is 11.6. The number of carboxylic acids is 1. The maximum atomic E-state index is 12.0. The molecule has 9 heteroatoms. The Morgan fingerprint density at radius 2 is 1.92 bits per heavy atom. The smallest absolute Gasteiger partial charge is 0.475 e. The molecule has 1 unspecified atom stereocenters. The highest BCUT2D eigenvalue weighted by Crippen LogP contribution is 2.24. The number of aromatic hydroxyl groups is 1. The van der Waals surface area contributed by atoms with Crippen LogP contribution in [0.25, 0.3) is 0 Å². The van der Waals surface area contributed by atoms with E-state index in [0.717, 1.165) is 0 Å². The molecular weight excluding hydrogens is 327 g/mol. The van der Waals surface area contributed by atoms with Crippen LogP contribution in [0.5, 0.6) is 5.75 Å². The number of benzene rings is 1. The van der Waals surface area contributed by atoms with Crippen LogP contribution < -0.4 is 5.32 Å². The summed E-state index contributed by atoms with van der Waals surface area (Å²) >= 11 is 0. The van der Waals surface area contributed by atoms with Gasteiger partial charge in [-0.05, 0) is 30.2 Å². The van der Waals surface area contributed by atoms with Crippen LogP contribution in [0, 0.1) is 0 Å². The average molecular weight is 344 g/mol. The average Bonchev–Trinajstić information content (AvgIpc) is 2.56. The van der Waals surface area contributed by atoms with Crippen molar-refractivity contribution < 1.29 is 29.9 Å². The third-order valence-electron chi connectivity index (χ3n) is 3.56. The number of rotatable bonds is 7. The molecule has 1 atom stereocenters. The molecular formula is C16H17BN2O6. The molecule has 2 rings (SSSR count). The highest BCUT2D eigenvalue weighted by Gasteiger charge is 2.27. The summed E-state index contributed by atoms with van der Waals surface area (Å²) < 4.78 is 0. The maximum Gasteiger partial charge on any atom is 0.475 e. The molecule has 0 bridgehead atoms. The Morgan fingerprint density at radius 1 is 1.16 bits per heavy atom. The van der Waals surface area contributed by atoms with Crippen LogP contribution in [0.1, 0.15) is 21.6 Å². The summed E-state index contributed by atoms with van der Waals surface area (Å²) in [5.41, 5.74) is 0.390. The Balaban J connectivity index is 2.10. The first-order valence-corrected chi connectivity index (χ1v) is 7.48. The molecule has 0 aliphatic heterocycles. The summed E-state index contributed by atoms with van der Waals surface area (Å²) in [5.74, 6) is -3.38. The van der Waals surface area contributed by atoms with Gasteiger partial charge in [-0.3, -0.25) is 9.78 Å². The first-order chi connectivity index (χ1) is 11.9. The number of hydrogen-bond acceptors (Lipinski definition) is 6. The quantitative estimate of drug-likeness (QED) is 0.437. The number of carbonyl (C=O) groups is 2. The predicted octanol–water partition coefficient (Wildman–Crippen LogP) is -0.233. The minimum Gasteiger partial charge on any atom is -0.507 e. The Labute approximate surface area is 143 Å². The standard InChI is InChI=1S/C16H17BN2O6/c20-14(9-11-5-1-2-7-18-11)19-13(17(24)25)8-10-4-3-6-12(15(10)21)16(22)23/h1-7,13,21,24-25H,8-9H2,(H,19,20)(H,22,23). The molecule has 8 nitrogen and oxygen atoms in total. The molecule has 1 amide bonds. The molecule has 130 valence electrons. The lowest BCUT2D eigenvalue weighted by Crippen LogP contribution is -2.48. The number of nitrogens with one attached hydrogen (secondary N) is 1. The Kier molecular flexibility index (Phi) is 6.10. The van der Waals surface area contributed by atoms with E-state index in [2.05, 4.69) is 10.3 Å². The summed E-state index contributed by atoms with van der Waals surface area (Å²) in [5, 5.41) is 40.4. The van der Waals surface area contributed by atoms with E-state index in [1.165, 1.54) is 24.4 Å². The molecule has 0 spiro atoms. The number of aromatic carboxylic acids is 1. The van der Waals surface area contributed by atoms with E-state index in [1.807, 2.05) is 0 Å². The highest BCUT2D eigenvalue weighted by molar-refractivity contribution is 6.43. The lowest BCUT2D eigenvalue weighted by molar-refractivity contribution is -0.120. The van der Waals surface area contributed by atoms with Crippen molar-refractivity contribution in [3.63, 3.8) is 0 Å². The van der Waals surface area contributed by atoms with Crippen molar-refractivity contribution in [1.82, 2.24) is 10.3 Å². The number of nitrogens with zero attached hydrogens (tertiary/aromatic N) is 1. The second kappa shape index (κ2) is 8.27. The summed E-state index contributed by atoms with van der Waals surface area (Å²) in [6, 6.07) is 9.19. The SMILES string of the molecule is O=C(Cc1ccccn1)NC(Cc1cccc(C(=O)O)c1O)B(O)O. The predicted molar refractivity (Wildman–Crippen MR) is 88.8 cm³/mol. The van der Waals surface area contributed by atoms with Crippen molar-refractivity contribution in [2.24, 2.45) is 0 Å². The van der Waals surface area contributed by atoms with Gasteiger partial charge in [-0.15, -0.1) is 0 Å². The topological polar surface area (TPSA) is 140 Å². The van der Waals surface area contributed by atoms with Crippen molar-refractivity contribution >= 4 is 19.0 Å². The first kappa shape index (κ1) is 18.4. The molecule has 2 aromatic rings. The van der Waals surface area contributed by atoms with Gasteiger partial charge in [0.2, 0.25) is 5.91 Å². The van der Waals surface area contributed by atoms with E-state index >= 15 is 0 Å². The third kappa shape index (κ3) is 5.03. The Morgan fingerprint density at radius 3 is 2.52 bits per heavy atom. The zero-order valence-electron chi connectivity index (χ0n) is 13.2. The van der Waals surface area contributed by atoms with Crippen LogP contribution in [0.2, 0.25) is 0 Å². The van der Waals surface area contributed by atoms with Crippen LogP contribution in [0.15, 0.2) is 42.6 Å². The minimum absolute atomic E-state index is 0.0504. The highest BCUT2D eigenvalue weighted by atomic mass is 16.4. The summed E-state index contributed by atoms with van der Waals surface area (Å²) in [4.78, 5) is 27.1. The molecule has 0 fully saturated rings.